The molecule has 4 saturated carbocycles. The molecule has 0 radical (unpaired) electrons. The molecule has 4 rings (SSSR count). The van der Waals surface area contributed by atoms with Crippen LogP contribution < -0.4 is 0 Å². The molecule has 4 bridgehead atoms. The van der Waals surface area contributed by atoms with Crippen molar-refractivity contribution >= 4 is 11.8 Å². The Morgan fingerprint density at radius 3 is 2.77 bits per heavy atom. The Morgan fingerprint density at radius 1 is 1.62 bits per heavy atom. The summed E-state index contributed by atoms with van der Waals surface area (Å²) in [6.45, 7) is 1.90. The monoisotopic (exact) mass is 180 g/mol. The van der Waals surface area contributed by atoms with Crippen LogP contribution in [0.3, 0.4) is 0 Å². The molecule has 0 aromatic heterocycles. The molecule has 0 spiro atoms. The van der Waals surface area contributed by atoms with E-state index in [0.29, 0.717) is 36.1 Å². The third-order valence-corrected chi connectivity index (χ3v) is 3.94. The molecule has 0 aromatic rings. The molecule has 70 valence electrons. The topological polar surface area (TPSA) is 43.4 Å². The highest BCUT2D eigenvalue weighted by Crippen LogP contribution is 2.71. The van der Waals surface area contributed by atoms with E-state index in [9.17, 15) is 9.59 Å². The fraction of sp³-hybridized carbons (Fsp3) is 0.800. The van der Waals surface area contributed by atoms with E-state index in [2.05, 4.69) is 0 Å². The summed E-state index contributed by atoms with van der Waals surface area (Å²) >= 11 is 0. The van der Waals surface area contributed by atoms with Gasteiger partial charge in [0.1, 0.15) is 5.78 Å². The molecule has 0 amide bonds. The molecule has 0 heterocycles. The molecule has 3 heteroatoms. The first-order chi connectivity index (χ1) is 6.20. The van der Waals surface area contributed by atoms with E-state index < -0.39 is 0 Å². The number of carbonyl (C=O) groups excluding carboxylic acids is 2. The van der Waals surface area contributed by atoms with Crippen LogP contribution in [0.4, 0.5) is 0 Å². The van der Waals surface area contributed by atoms with Gasteiger partial charge in [0.2, 0.25) is 0 Å². The van der Waals surface area contributed by atoms with Crippen LogP contribution in [-0.2, 0) is 14.3 Å². The predicted octanol–water partition coefficient (Wildman–Crippen LogP) is 0.631. The molecule has 0 aromatic carbocycles. The summed E-state index contributed by atoms with van der Waals surface area (Å²) in [6, 6.07) is 0. The van der Waals surface area contributed by atoms with Crippen LogP contribution in [-0.4, -0.2) is 18.4 Å². The highest BCUT2D eigenvalue weighted by atomic mass is 16.5. The van der Waals surface area contributed by atoms with Crippen molar-refractivity contribution in [1.82, 2.24) is 0 Å². The number of carbonyl (C=O) groups is 2. The van der Waals surface area contributed by atoms with Crippen LogP contribution in [0, 0.1) is 29.6 Å². The van der Waals surface area contributed by atoms with Gasteiger partial charge in [0.25, 0.3) is 0 Å². The van der Waals surface area contributed by atoms with Crippen molar-refractivity contribution < 1.29 is 14.3 Å². The Labute approximate surface area is 76.4 Å². The van der Waals surface area contributed by atoms with Gasteiger partial charge in [0, 0.05) is 24.7 Å². The van der Waals surface area contributed by atoms with Crippen molar-refractivity contribution in [1.29, 1.82) is 0 Å². The third kappa shape index (κ3) is 0.798. The van der Waals surface area contributed by atoms with E-state index in [0.717, 1.165) is 6.42 Å². The summed E-state index contributed by atoms with van der Waals surface area (Å²) in [5.74, 6) is 2.44. The molecule has 4 fully saturated rings. The summed E-state index contributed by atoms with van der Waals surface area (Å²) in [7, 11) is 0. The van der Waals surface area contributed by atoms with Crippen molar-refractivity contribution in [3.63, 3.8) is 0 Å². The van der Waals surface area contributed by atoms with Gasteiger partial charge in [0.05, 0.1) is 6.61 Å². The van der Waals surface area contributed by atoms with Gasteiger partial charge in [-0.2, -0.15) is 0 Å². The summed E-state index contributed by atoms with van der Waals surface area (Å²) < 4.78 is 4.98. The van der Waals surface area contributed by atoms with Gasteiger partial charge in [-0.15, -0.1) is 0 Å². The van der Waals surface area contributed by atoms with Crippen molar-refractivity contribution in [2.24, 2.45) is 29.6 Å². The molecule has 0 saturated heterocycles. The second-order valence-electron chi connectivity index (χ2n) is 4.48. The van der Waals surface area contributed by atoms with Crippen LogP contribution in [0.1, 0.15) is 13.3 Å². The quantitative estimate of drug-likeness (QED) is 0.585. The molecular formula is C10H12O3. The summed E-state index contributed by atoms with van der Waals surface area (Å²) in [6.07, 6.45) is 1.07. The molecule has 13 heavy (non-hydrogen) atoms. The molecule has 4 aliphatic carbocycles. The Kier molecular flexibility index (Phi) is 1.24. The number of rotatable bonds is 2. The Hall–Kier alpha value is -0.860. The maximum absolute atomic E-state index is 11.5. The summed E-state index contributed by atoms with van der Waals surface area (Å²) in [5.41, 5.74) is 0. The maximum Gasteiger partial charge on any atom is 0.302 e. The standard InChI is InChI=1S/C10H12O3/c1-4(11)13-3-7-5-2-6-8(7)9(6)10(5)12/h5-9H,2-3H2,1H3/t5-,6+,7-,8+,9-/m1/s1. The summed E-state index contributed by atoms with van der Waals surface area (Å²) in [5, 5.41) is 0. The first-order valence-corrected chi connectivity index (χ1v) is 4.87. The van der Waals surface area contributed by atoms with E-state index in [-0.39, 0.29) is 11.9 Å². The molecular weight excluding hydrogens is 168 g/mol. The van der Waals surface area contributed by atoms with E-state index in [4.69, 9.17) is 4.74 Å². The van der Waals surface area contributed by atoms with E-state index >= 15 is 0 Å². The highest BCUT2D eigenvalue weighted by Gasteiger charge is 2.73. The lowest BCUT2D eigenvalue weighted by Crippen LogP contribution is -2.18. The Balaban J connectivity index is 1.69. The van der Waals surface area contributed by atoms with E-state index in [1.165, 1.54) is 6.92 Å². The smallest absolute Gasteiger partial charge is 0.302 e. The SMILES string of the molecule is CC(=O)OC[C@H]1[C@@H]2[C@@H]3C[C@H]1C(=O)[C@H]32. The number of hydrogen-bond acceptors (Lipinski definition) is 3. The molecule has 4 aliphatic rings. The lowest BCUT2D eigenvalue weighted by atomic mass is 9.99. The lowest BCUT2D eigenvalue weighted by Gasteiger charge is -2.12. The minimum absolute atomic E-state index is 0.228. The largest absolute Gasteiger partial charge is 0.466 e. The van der Waals surface area contributed by atoms with Crippen LogP contribution in [0.5, 0.6) is 0 Å². The highest BCUT2D eigenvalue weighted by molar-refractivity contribution is 5.93. The minimum atomic E-state index is -0.228. The van der Waals surface area contributed by atoms with Gasteiger partial charge >= 0.3 is 5.97 Å². The number of hydrogen-bond donors (Lipinski definition) is 0. The Morgan fingerprint density at radius 2 is 2.38 bits per heavy atom. The van der Waals surface area contributed by atoms with Gasteiger partial charge in [-0.1, -0.05) is 0 Å². The Bertz CT molecular complexity index is 297. The third-order valence-electron chi connectivity index (χ3n) is 3.94. The lowest BCUT2D eigenvalue weighted by molar-refractivity contribution is -0.143. The fourth-order valence-electron chi connectivity index (χ4n) is 3.44. The predicted molar refractivity (Wildman–Crippen MR) is 43.7 cm³/mol. The van der Waals surface area contributed by atoms with Gasteiger partial charge in [-0.25, -0.2) is 0 Å². The molecule has 0 N–H and O–H groups in total. The fourth-order valence-corrected chi connectivity index (χ4v) is 3.44. The number of Topliss-reactive ketones (excluding diaryl/α,β-unsaturated/α-hetero) is 1. The van der Waals surface area contributed by atoms with Crippen LogP contribution in [0.15, 0.2) is 0 Å². The first kappa shape index (κ1) is 7.54. The second-order valence-corrected chi connectivity index (χ2v) is 4.48. The number of ether oxygens (including phenoxy) is 1. The average molecular weight is 180 g/mol. The van der Waals surface area contributed by atoms with Crippen molar-refractivity contribution in [3.8, 4) is 0 Å². The van der Waals surface area contributed by atoms with Crippen molar-refractivity contribution in [2.45, 2.75) is 13.3 Å². The van der Waals surface area contributed by atoms with Crippen LogP contribution in [0.25, 0.3) is 0 Å². The molecule has 3 nitrogen and oxygen atoms in total. The first-order valence-electron chi connectivity index (χ1n) is 4.87. The van der Waals surface area contributed by atoms with E-state index in [1.807, 2.05) is 0 Å². The zero-order valence-electron chi connectivity index (χ0n) is 7.53. The maximum atomic E-state index is 11.5. The zero-order valence-corrected chi connectivity index (χ0v) is 7.53. The van der Waals surface area contributed by atoms with Crippen LogP contribution in [0.2, 0.25) is 0 Å². The minimum Gasteiger partial charge on any atom is -0.466 e. The van der Waals surface area contributed by atoms with Gasteiger partial charge < -0.3 is 4.74 Å². The van der Waals surface area contributed by atoms with Gasteiger partial charge in [0.15, 0.2) is 0 Å². The number of ketones is 1. The molecule has 0 unspecified atom stereocenters. The van der Waals surface area contributed by atoms with Crippen molar-refractivity contribution in [2.75, 3.05) is 6.61 Å². The van der Waals surface area contributed by atoms with E-state index in [1.54, 1.807) is 0 Å². The average Bonchev–Trinajstić information content (AvgIpc) is 2.36. The number of esters is 1. The molecule has 0 aliphatic heterocycles. The van der Waals surface area contributed by atoms with Crippen molar-refractivity contribution in [3.05, 3.63) is 0 Å². The zero-order chi connectivity index (χ0) is 9.16. The van der Waals surface area contributed by atoms with Crippen LogP contribution >= 0.6 is 0 Å². The normalized spacial score (nSPS) is 49.6. The van der Waals surface area contributed by atoms with Gasteiger partial charge in [-0.3, -0.25) is 9.59 Å². The van der Waals surface area contributed by atoms with Gasteiger partial charge in [-0.05, 0) is 18.3 Å². The molecule has 5 atom stereocenters. The second kappa shape index (κ2) is 2.14. The summed E-state index contributed by atoms with van der Waals surface area (Å²) in [4.78, 5) is 22.1.